The lowest BCUT2D eigenvalue weighted by Crippen LogP contribution is -2.16. The van der Waals surface area contributed by atoms with Crippen LogP contribution in [-0.2, 0) is 0 Å². The van der Waals surface area contributed by atoms with Gasteiger partial charge in [0, 0.05) is 12.7 Å². The number of aromatic nitrogens is 1. The highest BCUT2D eigenvalue weighted by Gasteiger charge is 2.13. The second-order valence-electron chi connectivity index (χ2n) is 4.08. The topological polar surface area (TPSA) is 63.2 Å². The molecule has 0 spiro atoms. The number of carbonyl (C=O) groups excluding carboxylic acids is 1. The van der Waals surface area contributed by atoms with Crippen molar-refractivity contribution >= 4 is 17.4 Å². The first-order valence-electron chi connectivity index (χ1n) is 6.39. The smallest absolute Gasteiger partial charge is 0.259 e. The number of amides is 1. The minimum atomic E-state index is -0.224. The van der Waals surface area contributed by atoms with Gasteiger partial charge in [0.15, 0.2) is 0 Å². The van der Waals surface area contributed by atoms with Crippen molar-refractivity contribution in [2.24, 2.45) is 0 Å². The van der Waals surface area contributed by atoms with E-state index in [1.807, 2.05) is 19.1 Å². The van der Waals surface area contributed by atoms with E-state index in [9.17, 15) is 4.79 Å². The highest BCUT2D eigenvalue weighted by molar-refractivity contribution is 6.08. The van der Waals surface area contributed by atoms with Crippen molar-refractivity contribution in [3.8, 4) is 5.75 Å². The first-order valence-corrected chi connectivity index (χ1v) is 6.39. The van der Waals surface area contributed by atoms with Crippen molar-refractivity contribution in [2.75, 3.05) is 24.3 Å². The maximum absolute atomic E-state index is 12.3. The third-order valence-corrected chi connectivity index (χ3v) is 2.75. The molecule has 20 heavy (non-hydrogen) atoms. The van der Waals surface area contributed by atoms with Crippen molar-refractivity contribution in [3.63, 3.8) is 0 Å². The summed E-state index contributed by atoms with van der Waals surface area (Å²) in [6.07, 6.45) is 1.65. The van der Waals surface area contributed by atoms with Gasteiger partial charge in [0.1, 0.15) is 11.6 Å². The summed E-state index contributed by atoms with van der Waals surface area (Å²) >= 11 is 0. The molecule has 0 radical (unpaired) electrons. The molecule has 2 aromatic rings. The number of hydrogen-bond donors (Lipinski definition) is 2. The van der Waals surface area contributed by atoms with E-state index in [4.69, 9.17) is 4.74 Å². The standard InChI is InChI=1S/C15H17N3O2/c1-3-16-14-11(7-6-10-17-14)15(19)18-12-8-4-5-9-13(12)20-2/h4-10H,3H2,1-2H3,(H,16,17)(H,18,19). The molecule has 1 amide bonds. The van der Waals surface area contributed by atoms with Gasteiger partial charge in [-0.3, -0.25) is 4.79 Å². The van der Waals surface area contributed by atoms with Crippen LogP contribution in [0.5, 0.6) is 5.75 Å². The second-order valence-corrected chi connectivity index (χ2v) is 4.08. The minimum Gasteiger partial charge on any atom is -0.495 e. The molecule has 5 nitrogen and oxygen atoms in total. The van der Waals surface area contributed by atoms with Crippen molar-refractivity contribution in [3.05, 3.63) is 48.2 Å². The van der Waals surface area contributed by atoms with Crippen LogP contribution < -0.4 is 15.4 Å². The Morgan fingerprint density at radius 3 is 2.80 bits per heavy atom. The maximum Gasteiger partial charge on any atom is 0.259 e. The molecule has 2 rings (SSSR count). The van der Waals surface area contributed by atoms with Crippen LogP contribution in [0.1, 0.15) is 17.3 Å². The highest BCUT2D eigenvalue weighted by atomic mass is 16.5. The first-order chi connectivity index (χ1) is 9.76. The molecule has 0 unspecified atom stereocenters. The Kier molecular flexibility index (Phi) is 4.55. The van der Waals surface area contributed by atoms with Gasteiger partial charge < -0.3 is 15.4 Å². The fourth-order valence-corrected chi connectivity index (χ4v) is 1.83. The third kappa shape index (κ3) is 3.06. The number of pyridine rings is 1. The Bertz CT molecular complexity index is 599. The van der Waals surface area contributed by atoms with Gasteiger partial charge in [-0.15, -0.1) is 0 Å². The van der Waals surface area contributed by atoms with Gasteiger partial charge in [0.05, 0.1) is 18.4 Å². The lowest BCUT2D eigenvalue weighted by molar-refractivity contribution is 0.102. The summed E-state index contributed by atoms with van der Waals surface area (Å²) < 4.78 is 5.21. The second kappa shape index (κ2) is 6.56. The van der Waals surface area contributed by atoms with Crippen LogP contribution in [-0.4, -0.2) is 24.5 Å². The molecule has 0 aliphatic rings. The Labute approximate surface area is 118 Å². The largest absolute Gasteiger partial charge is 0.495 e. The van der Waals surface area contributed by atoms with E-state index >= 15 is 0 Å². The molecule has 2 N–H and O–H groups in total. The van der Waals surface area contributed by atoms with Crippen molar-refractivity contribution in [1.29, 1.82) is 0 Å². The van der Waals surface area contributed by atoms with Gasteiger partial charge in [0.25, 0.3) is 5.91 Å². The van der Waals surface area contributed by atoms with E-state index in [-0.39, 0.29) is 5.91 Å². The molecular formula is C15H17N3O2. The number of nitrogens with one attached hydrogen (secondary N) is 2. The molecule has 0 fully saturated rings. The van der Waals surface area contributed by atoms with Gasteiger partial charge in [-0.2, -0.15) is 0 Å². The maximum atomic E-state index is 12.3. The number of methoxy groups -OCH3 is 1. The number of rotatable bonds is 5. The van der Waals surface area contributed by atoms with Crippen LogP contribution in [0.3, 0.4) is 0 Å². The SMILES string of the molecule is CCNc1ncccc1C(=O)Nc1ccccc1OC. The summed E-state index contributed by atoms with van der Waals surface area (Å²) in [6.45, 7) is 2.66. The monoisotopic (exact) mass is 271 g/mol. The number of ether oxygens (including phenoxy) is 1. The summed E-state index contributed by atoms with van der Waals surface area (Å²) in [7, 11) is 1.57. The van der Waals surface area contributed by atoms with Crippen LogP contribution >= 0.6 is 0 Å². The lowest BCUT2D eigenvalue weighted by atomic mass is 10.2. The Morgan fingerprint density at radius 2 is 2.05 bits per heavy atom. The highest BCUT2D eigenvalue weighted by Crippen LogP contribution is 2.24. The van der Waals surface area contributed by atoms with Crippen LogP contribution in [0.25, 0.3) is 0 Å². The zero-order valence-electron chi connectivity index (χ0n) is 11.5. The molecule has 0 atom stereocenters. The lowest BCUT2D eigenvalue weighted by Gasteiger charge is -2.12. The molecule has 0 bridgehead atoms. The Morgan fingerprint density at radius 1 is 1.25 bits per heavy atom. The number of anilines is 2. The molecular weight excluding hydrogens is 254 g/mol. The molecule has 0 aliphatic carbocycles. The summed E-state index contributed by atoms with van der Waals surface area (Å²) in [5.74, 6) is 0.968. The number of carbonyl (C=O) groups is 1. The van der Waals surface area contributed by atoms with E-state index in [0.717, 1.165) is 0 Å². The van der Waals surface area contributed by atoms with E-state index in [2.05, 4.69) is 15.6 Å². The fourth-order valence-electron chi connectivity index (χ4n) is 1.83. The fraction of sp³-hybridized carbons (Fsp3) is 0.200. The Balaban J connectivity index is 2.24. The number of hydrogen-bond acceptors (Lipinski definition) is 4. The number of nitrogens with zero attached hydrogens (tertiary/aromatic N) is 1. The van der Waals surface area contributed by atoms with Gasteiger partial charge in [-0.05, 0) is 31.2 Å². The van der Waals surface area contributed by atoms with Crippen molar-refractivity contribution in [2.45, 2.75) is 6.92 Å². The van der Waals surface area contributed by atoms with E-state index in [1.54, 1.807) is 37.6 Å². The van der Waals surface area contributed by atoms with Gasteiger partial charge in [-0.25, -0.2) is 4.98 Å². The molecule has 0 saturated heterocycles. The quantitative estimate of drug-likeness (QED) is 0.877. The van der Waals surface area contributed by atoms with Crippen molar-refractivity contribution in [1.82, 2.24) is 4.98 Å². The van der Waals surface area contributed by atoms with Crippen LogP contribution in [0.4, 0.5) is 11.5 Å². The van der Waals surface area contributed by atoms with E-state index in [1.165, 1.54) is 0 Å². The summed E-state index contributed by atoms with van der Waals surface area (Å²) in [5, 5.41) is 5.90. The van der Waals surface area contributed by atoms with Crippen molar-refractivity contribution < 1.29 is 9.53 Å². The predicted molar refractivity (Wildman–Crippen MR) is 79.3 cm³/mol. The Hall–Kier alpha value is -2.56. The summed E-state index contributed by atoms with van der Waals surface area (Å²) in [6, 6.07) is 10.7. The van der Waals surface area contributed by atoms with Gasteiger partial charge >= 0.3 is 0 Å². The van der Waals surface area contributed by atoms with E-state index < -0.39 is 0 Å². The van der Waals surface area contributed by atoms with Gasteiger partial charge in [-0.1, -0.05) is 12.1 Å². The average Bonchev–Trinajstić information content (AvgIpc) is 2.48. The van der Waals surface area contributed by atoms with Crippen LogP contribution in [0.15, 0.2) is 42.6 Å². The first kappa shape index (κ1) is 13.9. The minimum absolute atomic E-state index is 0.224. The molecule has 104 valence electrons. The molecule has 1 aromatic carbocycles. The summed E-state index contributed by atoms with van der Waals surface area (Å²) in [4.78, 5) is 16.5. The molecule has 0 saturated carbocycles. The van der Waals surface area contributed by atoms with Crippen LogP contribution in [0.2, 0.25) is 0 Å². The third-order valence-electron chi connectivity index (χ3n) is 2.75. The number of para-hydroxylation sites is 2. The van der Waals surface area contributed by atoms with E-state index in [0.29, 0.717) is 29.4 Å². The van der Waals surface area contributed by atoms with Crippen LogP contribution in [0, 0.1) is 0 Å². The molecule has 0 aliphatic heterocycles. The average molecular weight is 271 g/mol. The zero-order valence-corrected chi connectivity index (χ0v) is 11.5. The molecule has 1 aromatic heterocycles. The number of benzene rings is 1. The zero-order chi connectivity index (χ0) is 14.4. The predicted octanol–water partition coefficient (Wildman–Crippen LogP) is 2.77. The molecule has 1 heterocycles. The normalized spacial score (nSPS) is 9.90. The molecule has 5 heteroatoms. The summed E-state index contributed by atoms with van der Waals surface area (Å²) in [5.41, 5.74) is 1.13. The van der Waals surface area contributed by atoms with Gasteiger partial charge in [0.2, 0.25) is 0 Å².